The molecule has 7 nitrogen and oxygen atoms in total. The van der Waals surface area contributed by atoms with Gasteiger partial charge in [0.15, 0.2) is 6.10 Å². The van der Waals surface area contributed by atoms with E-state index in [4.69, 9.17) is 10.2 Å². The Morgan fingerprint density at radius 1 is 1.25 bits per heavy atom. The van der Waals surface area contributed by atoms with Gasteiger partial charge in [-0.15, -0.1) is 0 Å². The molecule has 20 heavy (non-hydrogen) atoms. The van der Waals surface area contributed by atoms with Gasteiger partial charge in [-0.1, -0.05) is 18.2 Å². The number of urea groups is 1. The molecule has 104 valence electrons. The number of benzene rings is 1. The topological polar surface area (TPSA) is 112 Å². The van der Waals surface area contributed by atoms with E-state index in [2.05, 4.69) is 15.6 Å². The average molecular weight is 275 g/mol. The second-order valence-corrected chi connectivity index (χ2v) is 4.07. The van der Waals surface area contributed by atoms with Crippen molar-refractivity contribution in [1.82, 2.24) is 10.3 Å². The van der Waals surface area contributed by atoms with E-state index in [0.717, 1.165) is 5.39 Å². The minimum absolute atomic E-state index is 0.376. The largest absolute Gasteiger partial charge is 0.479 e. The van der Waals surface area contributed by atoms with E-state index in [9.17, 15) is 9.59 Å². The van der Waals surface area contributed by atoms with E-state index in [1.807, 2.05) is 12.1 Å². The number of hydrogen-bond acceptors (Lipinski definition) is 4. The maximum absolute atomic E-state index is 11.6. The number of carboxylic acid groups (broad SMARTS) is 1. The fourth-order valence-corrected chi connectivity index (χ4v) is 1.65. The molecule has 1 aromatic heterocycles. The second kappa shape index (κ2) is 5.98. The van der Waals surface area contributed by atoms with Crippen molar-refractivity contribution in [1.29, 1.82) is 0 Å². The highest BCUT2D eigenvalue weighted by molar-refractivity contribution is 5.99. The number of para-hydroxylation sites is 1. The van der Waals surface area contributed by atoms with Crippen LogP contribution in [0.5, 0.6) is 0 Å². The number of carbonyl (C=O) groups is 2. The third-order valence-corrected chi connectivity index (χ3v) is 2.62. The fourth-order valence-electron chi connectivity index (χ4n) is 1.65. The third-order valence-electron chi connectivity index (χ3n) is 2.62. The van der Waals surface area contributed by atoms with Gasteiger partial charge in [0.1, 0.15) is 0 Å². The van der Waals surface area contributed by atoms with Crippen LogP contribution in [0.4, 0.5) is 10.5 Å². The zero-order valence-electron chi connectivity index (χ0n) is 10.4. The molecule has 1 heterocycles. The molecule has 7 heteroatoms. The van der Waals surface area contributed by atoms with Gasteiger partial charge in [-0.2, -0.15) is 0 Å². The van der Waals surface area contributed by atoms with Gasteiger partial charge in [-0.25, -0.2) is 9.59 Å². The summed E-state index contributed by atoms with van der Waals surface area (Å²) in [4.78, 5) is 26.2. The van der Waals surface area contributed by atoms with Gasteiger partial charge in [0, 0.05) is 11.6 Å². The molecule has 1 atom stereocenters. The summed E-state index contributed by atoms with van der Waals surface area (Å²) in [5.41, 5.74) is 1.13. The number of carbonyl (C=O) groups excluding carboxylic acids is 1. The number of fused-ring (bicyclic) bond motifs is 1. The van der Waals surface area contributed by atoms with Crippen LogP contribution < -0.4 is 10.6 Å². The Bertz CT molecular complexity index is 639. The molecule has 0 bridgehead atoms. The first-order valence-electron chi connectivity index (χ1n) is 5.87. The van der Waals surface area contributed by atoms with E-state index in [0.29, 0.717) is 11.2 Å². The van der Waals surface area contributed by atoms with Crippen molar-refractivity contribution >= 4 is 28.6 Å². The van der Waals surface area contributed by atoms with Crippen molar-refractivity contribution in [3.63, 3.8) is 0 Å². The smallest absolute Gasteiger partial charge is 0.334 e. The molecule has 2 rings (SSSR count). The number of amides is 2. The van der Waals surface area contributed by atoms with E-state index in [-0.39, 0.29) is 6.54 Å². The molecule has 1 unspecified atom stereocenters. The minimum Gasteiger partial charge on any atom is -0.479 e. The van der Waals surface area contributed by atoms with Crippen LogP contribution in [0, 0.1) is 0 Å². The van der Waals surface area contributed by atoms with E-state index >= 15 is 0 Å². The molecule has 1 aromatic carbocycles. The Hall–Kier alpha value is -2.67. The fraction of sp³-hybridized carbons (Fsp3) is 0.154. The van der Waals surface area contributed by atoms with Gasteiger partial charge in [-0.05, 0) is 12.1 Å². The van der Waals surface area contributed by atoms with Crippen LogP contribution in [0.15, 0.2) is 36.5 Å². The van der Waals surface area contributed by atoms with Crippen LogP contribution >= 0.6 is 0 Å². The van der Waals surface area contributed by atoms with Crippen molar-refractivity contribution in [3.8, 4) is 0 Å². The summed E-state index contributed by atoms with van der Waals surface area (Å²) < 4.78 is 0. The van der Waals surface area contributed by atoms with Crippen LogP contribution in [-0.4, -0.2) is 39.8 Å². The van der Waals surface area contributed by atoms with Crippen LogP contribution in [0.25, 0.3) is 10.9 Å². The van der Waals surface area contributed by atoms with E-state index < -0.39 is 18.1 Å². The molecule has 0 radical (unpaired) electrons. The Labute approximate surface area is 114 Å². The lowest BCUT2D eigenvalue weighted by Gasteiger charge is -2.10. The molecular weight excluding hydrogens is 262 g/mol. The normalized spacial score (nSPS) is 11.8. The lowest BCUT2D eigenvalue weighted by Crippen LogP contribution is -2.38. The number of rotatable bonds is 4. The lowest BCUT2D eigenvalue weighted by atomic mass is 10.2. The van der Waals surface area contributed by atoms with Crippen molar-refractivity contribution in [2.24, 2.45) is 0 Å². The highest BCUT2D eigenvalue weighted by atomic mass is 16.4. The number of aliphatic carboxylic acids is 1. The van der Waals surface area contributed by atoms with Crippen molar-refractivity contribution in [2.75, 3.05) is 11.9 Å². The molecule has 2 aromatic rings. The van der Waals surface area contributed by atoms with Gasteiger partial charge in [0.2, 0.25) is 0 Å². The molecule has 0 saturated heterocycles. The summed E-state index contributed by atoms with van der Waals surface area (Å²) in [6.45, 7) is -0.376. The van der Waals surface area contributed by atoms with Gasteiger partial charge >= 0.3 is 12.0 Å². The highest BCUT2D eigenvalue weighted by Gasteiger charge is 2.14. The van der Waals surface area contributed by atoms with E-state index in [1.165, 1.54) is 0 Å². The predicted octanol–water partition coefficient (Wildman–Crippen LogP) is 0.802. The molecule has 0 aliphatic heterocycles. The van der Waals surface area contributed by atoms with Crippen LogP contribution in [0.1, 0.15) is 0 Å². The molecule has 0 aliphatic carbocycles. The average Bonchev–Trinajstić information content (AvgIpc) is 2.45. The van der Waals surface area contributed by atoms with Crippen molar-refractivity contribution in [3.05, 3.63) is 36.5 Å². The summed E-state index contributed by atoms with van der Waals surface area (Å²) >= 11 is 0. The first kappa shape index (κ1) is 13.8. The number of pyridine rings is 1. The maximum atomic E-state index is 11.6. The Morgan fingerprint density at radius 3 is 2.75 bits per heavy atom. The Morgan fingerprint density at radius 2 is 2.00 bits per heavy atom. The molecule has 0 saturated carbocycles. The number of aliphatic hydroxyl groups excluding tert-OH is 1. The van der Waals surface area contributed by atoms with Gasteiger partial charge in [0.05, 0.1) is 17.7 Å². The van der Waals surface area contributed by atoms with E-state index in [1.54, 1.807) is 24.4 Å². The summed E-state index contributed by atoms with van der Waals surface area (Å²) in [6.07, 6.45) is -0.0223. The summed E-state index contributed by atoms with van der Waals surface area (Å²) in [5.74, 6) is -1.39. The summed E-state index contributed by atoms with van der Waals surface area (Å²) in [7, 11) is 0. The van der Waals surface area contributed by atoms with Crippen LogP contribution in [0.2, 0.25) is 0 Å². The van der Waals surface area contributed by atoms with Crippen molar-refractivity contribution < 1.29 is 19.8 Å². The van der Waals surface area contributed by atoms with Crippen LogP contribution in [-0.2, 0) is 4.79 Å². The number of aliphatic hydroxyl groups is 1. The number of nitrogens with zero attached hydrogens (tertiary/aromatic N) is 1. The zero-order valence-corrected chi connectivity index (χ0v) is 10.4. The second-order valence-electron chi connectivity index (χ2n) is 4.07. The standard InChI is InChI=1S/C13H13N3O4/c17-10(12(18)19)7-15-13(20)16-9-5-1-3-8-4-2-6-14-11(8)9/h1-6,10,17H,7H2,(H,18,19)(H2,15,16,20). The van der Waals surface area contributed by atoms with Gasteiger partial charge < -0.3 is 20.8 Å². The van der Waals surface area contributed by atoms with Crippen molar-refractivity contribution in [2.45, 2.75) is 6.10 Å². The number of nitrogens with one attached hydrogen (secondary N) is 2. The zero-order chi connectivity index (χ0) is 14.5. The SMILES string of the molecule is O=C(NCC(O)C(=O)O)Nc1cccc2cccnc12. The minimum atomic E-state index is -1.63. The summed E-state index contributed by atoms with van der Waals surface area (Å²) in [5, 5.41) is 23.3. The number of aromatic nitrogens is 1. The van der Waals surface area contributed by atoms with Gasteiger partial charge in [0.25, 0.3) is 0 Å². The first-order chi connectivity index (χ1) is 9.58. The molecular formula is C13H13N3O4. The van der Waals surface area contributed by atoms with Gasteiger partial charge in [-0.3, -0.25) is 4.98 Å². The molecule has 0 aliphatic rings. The predicted molar refractivity (Wildman–Crippen MR) is 72.4 cm³/mol. The number of anilines is 1. The summed E-state index contributed by atoms with van der Waals surface area (Å²) in [6, 6.07) is 8.35. The number of carboxylic acids is 1. The molecule has 2 amide bonds. The Balaban J connectivity index is 2.05. The molecule has 0 fully saturated rings. The quantitative estimate of drug-likeness (QED) is 0.659. The maximum Gasteiger partial charge on any atom is 0.334 e. The first-order valence-corrected chi connectivity index (χ1v) is 5.87. The van der Waals surface area contributed by atoms with Crippen LogP contribution in [0.3, 0.4) is 0 Å². The molecule has 0 spiro atoms. The molecule has 4 N–H and O–H groups in total. The number of hydrogen-bond donors (Lipinski definition) is 4. The Kier molecular flexibility index (Phi) is 4.11. The third kappa shape index (κ3) is 3.21. The monoisotopic (exact) mass is 275 g/mol. The lowest BCUT2D eigenvalue weighted by molar-refractivity contribution is -0.146. The highest BCUT2D eigenvalue weighted by Crippen LogP contribution is 2.20.